The molecule has 2 rings (SSSR count). The first-order valence-corrected chi connectivity index (χ1v) is 6.32. The largest absolute Gasteiger partial charge is 0.389 e. The van der Waals surface area contributed by atoms with Gasteiger partial charge in [0, 0.05) is 29.2 Å². The van der Waals surface area contributed by atoms with Crippen LogP contribution in [0, 0.1) is 13.8 Å². The molecule has 2 heteroatoms. The van der Waals surface area contributed by atoms with Gasteiger partial charge in [-0.05, 0) is 44.4 Å². The smallest absolute Gasteiger partial charge is 0.0782 e. The number of nitrogens with zero attached hydrogens (tertiary/aromatic N) is 1. The summed E-state index contributed by atoms with van der Waals surface area (Å²) < 4.78 is 2.26. The van der Waals surface area contributed by atoms with Gasteiger partial charge in [-0.3, -0.25) is 0 Å². The van der Waals surface area contributed by atoms with Crippen molar-refractivity contribution in [2.24, 2.45) is 0 Å². The van der Waals surface area contributed by atoms with E-state index in [9.17, 15) is 5.11 Å². The van der Waals surface area contributed by atoms with Gasteiger partial charge >= 0.3 is 0 Å². The number of aliphatic hydroxyl groups is 1. The Hall–Kier alpha value is -1.28. The maximum atomic E-state index is 9.88. The average Bonchev–Trinajstić information content (AvgIpc) is 2.58. The molecule has 1 atom stereocenters. The topological polar surface area (TPSA) is 25.2 Å². The molecule has 1 unspecified atom stereocenters. The van der Waals surface area contributed by atoms with E-state index in [1.165, 1.54) is 22.0 Å². The quantitative estimate of drug-likeness (QED) is 0.855. The Morgan fingerprint density at radius 1 is 1.29 bits per heavy atom. The van der Waals surface area contributed by atoms with Gasteiger partial charge in [-0.1, -0.05) is 13.0 Å². The number of hydrogen-bond acceptors (Lipinski definition) is 1. The average molecular weight is 231 g/mol. The summed E-state index contributed by atoms with van der Waals surface area (Å²) >= 11 is 0. The van der Waals surface area contributed by atoms with E-state index in [1.54, 1.807) is 0 Å². The summed E-state index contributed by atoms with van der Waals surface area (Å²) in [5.41, 5.74) is 4.83. The van der Waals surface area contributed by atoms with E-state index >= 15 is 0 Å². The van der Waals surface area contributed by atoms with Gasteiger partial charge in [0.15, 0.2) is 0 Å². The Bertz CT molecular complexity index is 537. The van der Waals surface area contributed by atoms with Gasteiger partial charge < -0.3 is 9.67 Å². The summed E-state index contributed by atoms with van der Waals surface area (Å²) in [7, 11) is 0. The van der Waals surface area contributed by atoms with Crippen molar-refractivity contribution in [3.8, 4) is 0 Å². The lowest BCUT2D eigenvalue weighted by Gasteiger charge is -2.06. The van der Waals surface area contributed by atoms with E-state index < -0.39 is 6.10 Å². The molecule has 0 spiro atoms. The molecular weight excluding hydrogens is 210 g/mol. The van der Waals surface area contributed by atoms with E-state index in [1.807, 2.05) is 6.92 Å². The van der Waals surface area contributed by atoms with Gasteiger partial charge in [0.25, 0.3) is 0 Å². The lowest BCUT2D eigenvalue weighted by molar-refractivity contribution is 0.200. The minimum absolute atomic E-state index is 0.406. The molecule has 1 N–H and O–H groups in total. The van der Waals surface area contributed by atoms with Crippen LogP contribution in [0.4, 0.5) is 0 Å². The third-order valence-electron chi connectivity index (χ3n) is 3.27. The molecule has 92 valence electrons. The van der Waals surface area contributed by atoms with Crippen LogP contribution in [-0.4, -0.2) is 9.67 Å². The fourth-order valence-electron chi connectivity index (χ4n) is 2.59. The maximum Gasteiger partial charge on any atom is 0.0782 e. The number of benzene rings is 1. The van der Waals surface area contributed by atoms with Crippen molar-refractivity contribution in [2.75, 3.05) is 0 Å². The van der Waals surface area contributed by atoms with E-state index in [-0.39, 0.29) is 0 Å². The second-order valence-electron chi connectivity index (χ2n) is 4.93. The highest BCUT2D eigenvalue weighted by Crippen LogP contribution is 2.30. The fraction of sp³-hybridized carbons (Fsp3) is 0.467. The standard InChI is InChI=1S/C15H21NO/c1-5-6-16-9-13(12(4)17)15-11(3)7-10(2)8-14(15)16/h7-9,12,17H,5-6H2,1-4H3. The molecule has 0 aliphatic carbocycles. The molecule has 0 radical (unpaired) electrons. The fourth-order valence-corrected chi connectivity index (χ4v) is 2.59. The van der Waals surface area contributed by atoms with Gasteiger partial charge in [0.05, 0.1) is 6.10 Å². The first kappa shape index (κ1) is 12.2. The van der Waals surface area contributed by atoms with Crippen molar-refractivity contribution in [3.05, 3.63) is 35.0 Å². The summed E-state index contributed by atoms with van der Waals surface area (Å²) in [6.45, 7) is 9.27. The van der Waals surface area contributed by atoms with Crippen LogP contribution in [0.15, 0.2) is 18.3 Å². The number of aliphatic hydroxyl groups excluding tert-OH is 1. The normalized spacial score (nSPS) is 13.2. The van der Waals surface area contributed by atoms with E-state index in [4.69, 9.17) is 0 Å². The first-order valence-electron chi connectivity index (χ1n) is 6.32. The monoisotopic (exact) mass is 231 g/mol. The van der Waals surface area contributed by atoms with E-state index in [0.29, 0.717) is 0 Å². The number of fused-ring (bicyclic) bond motifs is 1. The second kappa shape index (κ2) is 4.53. The predicted octanol–water partition coefficient (Wildman–Crippen LogP) is 3.72. The van der Waals surface area contributed by atoms with E-state index in [0.717, 1.165) is 18.5 Å². The summed E-state index contributed by atoms with van der Waals surface area (Å²) in [6.07, 6.45) is 2.80. The Balaban J connectivity index is 2.76. The minimum atomic E-state index is -0.406. The molecule has 1 heterocycles. The third-order valence-corrected chi connectivity index (χ3v) is 3.27. The number of aryl methyl sites for hydroxylation is 3. The molecule has 0 saturated carbocycles. The zero-order valence-electron chi connectivity index (χ0n) is 11.1. The Morgan fingerprint density at radius 2 is 2.00 bits per heavy atom. The van der Waals surface area contributed by atoms with Crippen molar-refractivity contribution in [2.45, 2.75) is 46.8 Å². The molecule has 1 aromatic carbocycles. The van der Waals surface area contributed by atoms with E-state index in [2.05, 4.69) is 43.7 Å². The highest BCUT2D eigenvalue weighted by molar-refractivity contribution is 5.88. The highest BCUT2D eigenvalue weighted by atomic mass is 16.3. The van der Waals surface area contributed by atoms with Crippen LogP contribution < -0.4 is 0 Å². The predicted molar refractivity (Wildman–Crippen MR) is 72.3 cm³/mol. The third kappa shape index (κ3) is 2.09. The molecule has 0 bridgehead atoms. The molecule has 0 aliphatic rings. The van der Waals surface area contributed by atoms with Gasteiger partial charge in [0.2, 0.25) is 0 Å². The van der Waals surface area contributed by atoms with Crippen LogP contribution in [0.25, 0.3) is 10.9 Å². The van der Waals surface area contributed by atoms with Gasteiger partial charge in [0.1, 0.15) is 0 Å². The molecule has 0 amide bonds. The second-order valence-corrected chi connectivity index (χ2v) is 4.93. The summed E-state index contributed by atoms with van der Waals surface area (Å²) in [5, 5.41) is 11.1. The van der Waals surface area contributed by atoms with Gasteiger partial charge in [-0.2, -0.15) is 0 Å². The van der Waals surface area contributed by atoms with Gasteiger partial charge in [-0.15, -0.1) is 0 Å². The molecule has 2 nitrogen and oxygen atoms in total. The number of hydrogen-bond donors (Lipinski definition) is 1. The van der Waals surface area contributed by atoms with Crippen LogP contribution in [0.2, 0.25) is 0 Å². The van der Waals surface area contributed by atoms with Gasteiger partial charge in [-0.25, -0.2) is 0 Å². The first-order chi connectivity index (χ1) is 8.04. The molecule has 0 saturated heterocycles. The Kier molecular flexibility index (Phi) is 3.25. The SMILES string of the molecule is CCCn1cc(C(C)O)c2c(C)cc(C)cc21. The van der Waals surface area contributed by atoms with Crippen LogP contribution in [-0.2, 0) is 6.54 Å². The maximum absolute atomic E-state index is 9.88. The van der Waals surface area contributed by atoms with Crippen LogP contribution >= 0.6 is 0 Å². The van der Waals surface area contributed by atoms with Crippen LogP contribution in [0.3, 0.4) is 0 Å². The Labute approximate surface area is 103 Å². The molecular formula is C15H21NO. The summed E-state index contributed by atoms with van der Waals surface area (Å²) in [5.74, 6) is 0. The van der Waals surface area contributed by atoms with Crippen molar-refractivity contribution >= 4 is 10.9 Å². The zero-order chi connectivity index (χ0) is 12.6. The molecule has 0 fully saturated rings. The lowest BCUT2D eigenvalue weighted by Crippen LogP contribution is -1.94. The van der Waals surface area contributed by atoms with Crippen molar-refractivity contribution in [1.82, 2.24) is 4.57 Å². The number of rotatable bonds is 3. The molecule has 17 heavy (non-hydrogen) atoms. The van der Waals surface area contributed by atoms with Crippen LogP contribution in [0.5, 0.6) is 0 Å². The summed E-state index contributed by atoms with van der Waals surface area (Å²) in [4.78, 5) is 0. The molecule has 0 aliphatic heterocycles. The lowest BCUT2D eigenvalue weighted by atomic mass is 10.0. The van der Waals surface area contributed by atoms with Crippen molar-refractivity contribution in [3.63, 3.8) is 0 Å². The molecule has 1 aromatic heterocycles. The highest BCUT2D eigenvalue weighted by Gasteiger charge is 2.14. The van der Waals surface area contributed by atoms with Crippen molar-refractivity contribution < 1.29 is 5.11 Å². The molecule has 2 aromatic rings. The minimum Gasteiger partial charge on any atom is -0.389 e. The Morgan fingerprint density at radius 3 is 2.59 bits per heavy atom. The van der Waals surface area contributed by atoms with Crippen molar-refractivity contribution in [1.29, 1.82) is 0 Å². The van der Waals surface area contributed by atoms with Crippen LogP contribution in [0.1, 0.15) is 43.1 Å². The summed E-state index contributed by atoms with van der Waals surface area (Å²) in [6, 6.07) is 4.40. The zero-order valence-corrected chi connectivity index (χ0v) is 11.1. The number of aromatic nitrogens is 1.